The lowest BCUT2D eigenvalue weighted by Gasteiger charge is -2.27. The number of hydrogen-bond donors (Lipinski definition) is 2. The van der Waals surface area contributed by atoms with Gasteiger partial charge in [-0.25, -0.2) is 0 Å². The number of nitrogens with zero attached hydrogens (tertiary/aromatic N) is 1. The van der Waals surface area contributed by atoms with Crippen molar-refractivity contribution in [1.82, 2.24) is 0 Å². The fraction of sp³-hybridized carbons (Fsp3) is 0.0769. The zero-order chi connectivity index (χ0) is 25.6. The zero-order valence-corrected chi connectivity index (χ0v) is 18.2. The molecule has 1 aromatic heterocycles. The second-order valence-corrected chi connectivity index (χ2v) is 7.95. The van der Waals surface area contributed by atoms with Crippen molar-refractivity contribution in [2.75, 3.05) is 4.90 Å². The van der Waals surface area contributed by atoms with Gasteiger partial charge in [-0.05, 0) is 42.0 Å². The fourth-order valence-corrected chi connectivity index (χ4v) is 4.13. The van der Waals surface area contributed by atoms with Crippen LogP contribution in [0.25, 0.3) is 11.0 Å². The van der Waals surface area contributed by atoms with E-state index < -0.39 is 35.6 Å². The normalized spacial score (nSPS) is 16.1. The van der Waals surface area contributed by atoms with Crippen LogP contribution in [-0.4, -0.2) is 28.3 Å². The van der Waals surface area contributed by atoms with Gasteiger partial charge in [0, 0.05) is 17.1 Å². The number of anilines is 1. The van der Waals surface area contributed by atoms with Crippen molar-refractivity contribution in [3.63, 3.8) is 0 Å². The Morgan fingerprint density at radius 1 is 0.944 bits per heavy atom. The average Bonchev–Trinajstić information content (AvgIpc) is 3.37. The van der Waals surface area contributed by atoms with Gasteiger partial charge in [0.25, 0.3) is 5.91 Å². The molecule has 0 radical (unpaired) electrons. The summed E-state index contributed by atoms with van der Waals surface area (Å²) < 4.78 is 47.9. The first kappa shape index (κ1) is 23.0. The van der Waals surface area contributed by atoms with E-state index in [1.807, 2.05) is 0 Å². The monoisotopic (exact) mass is 495 g/mol. The molecule has 182 valence electrons. The van der Waals surface area contributed by atoms with Gasteiger partial charge < -0.3 is 19.4 Å². The molecule has 7 nitrogen and oxygen atoms in total. The Labute approximate surface area is 201 Å². The fourth-order valence-electron chi connectivity index (χ4n) is 4.13. The lowest BCUT2D eigenvalue weighted by atomic mass is 9.94. The number of hydrogen-bond acceptors (Lipinski definition) is 6. The number of aliphatic hydroxyl groups excluding tert-OH is 1. The second kappa shape index (κ2) is 8.49. The molecule has 36 heavy (non-hydrogen) atoms. The first-order valence-electron chi connectivity index (χ1n) is 10.6. The summed E-state index contributed by atoms with van der Waals surface area (Å²) in [5.41, 5.74) is 0.345. The number of benzene rings is 3. The van der Waals surface area contributed by atoms with E-state index in [9.17, 15) is 33.0 Å². The van der Waals surface area contributed by atoms with Crippen LogP contribution in [0.4, 0.5) is 18.9 Å². The van der Waals surface area contributed by atoms with Gasteiger partial charge in [-0.1, -0.05) is 36.4 Å². The predicted molar refractivity (Wildman–Crippen MR) is 122 cm³/mol. The number of carbonyl (C=O) groups excluding carboxylic acids is 2. The number of carbonyl (C=O) groups is 2. The van der Waals surface area contributed by atoms with Gasteiger partial charge in [0.05, 0.1) is 11.6 Å². The number of fused-ring (bicyclic) bond motifs is 1. The van der Waals surface area contributed by atoms with Gasteiger partial charge in [0.15, 0.2) is 11.5 Å². The molecule has 1 amide bonds. The molecule has 0 saturated heterocycles. The van der Waals surface area contributed by atoms with E-state index in [4.69, 9.17) is 4.42 Å². The van der Waals surface area contributed by atoms with E-state index in [-0.39, 0.29) is 22.8 Å². The van der Waals surface area contributed by atoms with Crippen molar-refractivity contribution < 1.29 is 42.1 Å². The van der Waals surface area contributed by atoms with Crippen LogP contribution >= 0.6 is 0 Å². The smallest absolute Gasteiger partial charge is 0.508 e. The van der Waals surface area contributed by atoms with Gasteiger partial charge >= 0.3 is 6.36 Å². The maximum absolute atomic E-state index is 13.5. The molecule has 2 heterocycles. The third-order valence-corrected chi connectivity index (χ3v) is 5.64. The first-order valence-corrected chi connectivity index (χ1v) is 10.6. The molecule has 2 N–H and O–H groups in total. The van der Waals surface area contributed by atoms with Gasteiger partial charge in [-0.15, -0.1) is 13.2 Å². The van der Waals surface area contributed by atoms with Crippen LogP contribution in [-0.2, 0) is 4.79 Å². The minimum Gasteiger partial charge on any atom is -0.508 e. The molecule has 1 aliphatic heterocycles. The number of furan rings is 1. The van der Waals surface area contributed by atoms with E-state index in [2.05, 4.69) is 4.74 Å². The van der Waals surface area contributed by atoms with Crippen molar-refractivity contribution in [3.8, 4) is 11.5 Å². The highest BCUT2D eigenvalue weighted by Gasteiger charge is 2.45. The van der Waals surface area contributed by atoms with Crippen molar-refractivity contribution in [1.29, 1.82) is 0 Å². The highest BCUT2D eigenvalue weighted by atomic mass is 19.4. The van der Waals surface area contributed by atoms with Gasteiger partial charge in [0.1, 0.15) is 17.1 Å². The number of aromatic hydroxyl groups is 1. The standard InChI is InChI=1S/C26H16F3NO6/c27-26(28,29)36-18-6-3-5-16(13-18)30-22(14-8-10-17(31)11-9-14)21(24(33)25(30)34)23(32)20-12-15-4-1-2-7-19(15)35-20/h1-13,22,31,33H. The number of ether oxygens (including phenoxy) is 1. The van der Waals surface area contributed by atoms with Crippen molar-refractivity contribution in [3.05, 3.63) is 102 Å². The molecule has 0 aliphatic carbocycles. The molecule has 0 spiro atoms. The minimum atomic E-state index is -4.97. The Morgan fingerprint density at radius 3 is 2.36 bits per heavy atom. The van der Waals surface area contributed by atoms with Crippen LogP contribution in [0.1, 0.15) is 22.2 Å². The molecule has 3 aromatic carbocycles. The lowest BCUT2D eigenvalue weighted by Crippen LogP contribution is -2.31. The number of phenols is 1. The average molecular weight is 495 g/mol. The summed E-state index contributed by atoms with van der Waals surface area (Å²) in [6.07, 6.45) is -4.97. The number of amides is 1. The number of alkyl halides is 3. The zero-order valence-electron chi connectivity index (χ0n) is 18.2. The Morgan fingerprint density at radius 2 is 1.67 bits per heavy atom. The summed E-state index contributed by atoms with van der Waals surface area (Å²) in [6.45, 7) is 0. The molecule has 10 heteroatoms. The summed E-state index contributed by atoms with van der Waals surface area (Å²) in [4.78, 5) is 27.7. The van der Waals surface area contributed by atoms with Crippen molar-refractivity contribution in [2.24, 2.45) is 0 Å². The Balaban J connectivity index is 1.63. The van der Waals surface area contributed by atoms with Crippen LogP contribution in [0.15, 0.2) is 94.6 Å². The van der Waals surface area contributed by atoms with Crippen LogP contribution < -0.4 is 9.64 Å². The van der Waals surface area contributed by atoms with Crippen LogP contribution in [0.2, 0.25) is 0 Å². The quantitative estimate of drug-likeness (QED) is 0.339. The predicted octanol–water partition coefficient (Wildman–Crippen LogP) is 5.82. The van der Waals surface area contributed by atoms with E-state index >= 15 is 0 Å². The summed E-state index contributed by atoms with van der Waals surface area (Å²) >= 11 is 0. The van der Waals surface area contributed by atoms with E-state index in [1.165, 1.54) is 42.5 Å². The number of halogens is 3. The summed E-state index contributed by atoms with van der Waals surface area (Å²) in [6, 6.07) is 17.2. The Bertz CT molecular complexity index is 1490. The summed E-state index contributed by atoms with van der Waals surface area (Å²) in [5.74, 6) is -3.47. The maximum atomic E-state index is 13.5. The van der Waals surface area contributed by atoms with E-state index in [0.29, 0.717) is 16.5 Å². The minimum absolute atomic E-state index is 0.0567. The van der Waals surface area contributed by atoms with E-state index in [0.717, 1.165) is 17.0 Å². The molecular formula is C26H16F3NO6. The van der Waals surface area contributed by atoms with Crippen molar-refractivity contribution >= 4 is 28.3 Å². The number of aliphatic hydroxyl groups is 1. The number of Topliss-reactive ketones (excluding diaryl/α,β-unsaturated/α-hetero) is 1. The van der Waals surface area contributed by atoms with Crippen LogP contribution in [0, 0.1) is 0 Å². The second-order valence-electron chi connectivity index (χ2n) is 7.95. The third kappa shape index (κ3) is 4.13. The van der Waals surface area contributed by atoms with Gasteiger partial charge in [-0.3, -0.25) is 14.5 Å². The SMILES string of the molecule is O=C(C1=C(O)C(=O)N(c2cccc(OC(F)(F)F)c2)C1c1ccc(O)cc1)c1cc2ccccc2o1. The number of phenolic OH excluding ortho intramolecular Hbond substituents is 1. The highest BCUT2D eigenvalue weighted by Crippen LogP contribution is 2.43. The number of ketones is 1. The highest BCUT2D eigenvalue weighted by molar-refractivity contribution is 6.20. The van der Waals surface area contributed by atoms with Crippen molar-refractivity contribution in [2.45, 2.75) is 12.4 Å². The Hall–Kier alpha value is -4.73. The molecular weight excluding hydrogens is 479 g/mol. The molecule has 1 unspecified atom stereocenters. The molecule has 5 rings (SSSR count). The Kier molecular flexibility index (Phi) is 5.43. The molecule has 0 bridgehead atoms. The molecule has 1 atom stereocenters. The maximum Gasteiger partial charge on any atom is 0.573 e. The third-order valence-electron chi connectivity index (χ3n) is 5.64. The number of rotatable bonds is 5. The van der Waals surface area contributed by atoms with E-state index in [1.54, 1.807) is 24.3 Å². The molecule has 0 saturated carbocycles. The topological polar surface area (TPSA) is 100 Å². The lowest BCUT2D eigenvalue weighted by molar-refractivity contribution is -0.274. The molecule has 4 aromatic rings. The summed E-state index contributed by atoms with van der Waals surface area (Å²) in [7, 11) is 0. The van der Waals surface area contributed by atoms with Crippen LogP contribution in [0.3, 0.4) is 0 Å². The number of para-hydroxylation sites is 1. The molecule has 0 fully saturated rings. The first-order chi connectivity index (χ1) is 17.1. The largest absolute Gasteiger partial charge is 0.573 e. The van der Waals surface area contributed by atoms with Gasteiger partial charge in [-0.2, -0.15) is 0 Å². The van der Waals surface area contributed by atoms with Crippen LogP contribution in [0.5, 0.6) is 11.5 Å². The van der Waals surface area contributed by atoms with Gasteiger partial charge in [0.2, 0.25) is 5.78 Å². The molecule has 1 aliphatic rings. The summed E-state index contributed by atoms with van der Waals surface area (Å²) in [5, 5.41) is 21.1.